The predicted octanol–water partition coefficient (Wildman–Crippen LogP) is 1.97. The molecule has 17 heavy (non-hydrogen) atoms. The van der Waals surface area contributed by atoms with Crippen molar-refractivity contribution in [3.05, 3.63) is 30.5 Å². The Hall–Kier alpha value is -1.81. The van der Waals surface area contributed by atoms with Crippen LogP contribution in [0.5, 0.6) is 5.75 Å². The average molecular weight is 232 g/mol. The fourth-order valence-electron chi connectivity index (χ4n) is 1.69. The van der Waals surface area contributed by atoms with E-state index < -0.39 is 0 Å². The number of benzene rings is 1. The van der Waals surface area contributed by atoms with E-state index in [4.69, 9.17) is 15.6 Å². The fraction of sp³-hybridized carbons (Fsp3) is 0.308. The normalized spacial score (nSPS) is 10.6. The van der Waals surface area contributed by atoms with Crippen LogP contribution in [0.2, 0.25) is 0 Å². The monoisotopic (exact) mass is 232 g/mol. The van der Waals surface area contributed by atoms with E-state index in [0.29, 0.717) is 12.3 Å². The van der Waals surface area contributed by atoms with E-state index in [9.17, 15) is 0 Å². The number of nitrogens with zero attached hydrogens (tertiary/aromatic N) is 1. The number of rotatable bonds is 5. The first-order valence-corrected chi connectivity index (χ1v) is 5.70. The van der Waals surface area contributed by atoms with Gasteiger partial charge in [0.15, 0.2) is 0 Å². The lowest BCUT2D eigenvalue weighted by Crippen LogP contribution is -2.00. The fourth-order valence-corrected chi connectivity index (χ4v) is 1.69. The number of unbranched alkanes of at least 4 members (excludes halogenated alkanes) is 1. The molecule has 0 aliphatic rings. The highest BCUT2D eigenvalue weighted by atomic mass is 16.5. The molecule has 4 heteroatoms. The number of ether oxygens (including phenoxy) is 1. The summed E-state index contributed by atoms with van der Waals surface area (Å²) < 4.78 is 5.67. The molecule has 0 saturated carbocycles. The molecule has 0 amide bonds. The second-order valence-corrected chi connectivity index (χ2v) is 3.83. The van der Waals surface area contributed by atoms with Crippen molar-refractivity contribution in [2.75, 3.05) is 18.9 Å². The Morgan fingerprint density at radius 3 is 2.94 bits per heavy atom. The topological polar surface area (TPSA) is 68.4 Å². The number of pyridine rings is 1. The molecule has 0 atom stereocenters. The molecule has 3 N–H and O–H groups in total. The second kappa shape index (κ2) is 5.50. The molecule has 0 aliphatic heterocycles. The highest BCUT2D eigenvalue weighted by Gasteiger charge is 2.05. The van der Waals surface area contributed by atoms with Gasteiger partial charge in [-0.25, -0.2) is 0 Å². The number of fused-ring (bicyclic) bond motifs is 1. The van der Waals surface area contributed by atoms with Crippen molar-refractivity contribution in [2.24, 2.45) is 0 Å². The molecule has 0 saturated heterocycles. The van der Waals surface area contributed by atoms with Crippen molar-refractivity contribution in [1.82, 2.24) is 4.98 Å². The summed E-state index contributed by atoms with van der Waals surface area (Å²) >= 11 is 0. The summed E-state index contributed by atoms with van der Waals surface area (Å²) in [4.78, 5) is 4.24. The number of anilines is 1. The molecule has 0 bridgehead atoms. The Balaban J connectivity index is 2.20. The Kier molecular flexibility index (Phi) is 3.77. The maximum Gasteiger partial charge on any atom is 0.128 e. The standard InChI is InChI=1S/C13H16N2O2/c14-11-5-6-12(17-9-2-1-8-16)10-4-3-7-15-13(10)11/h3-7,16H,1-2,8-9,14H2. The number of nitrogens with two attached hydrogens (primary N) is 1. The van der Waals surface area contributed by atoms with Crippen molar-refractivity contribution in [3.63, 3.8) is 0 Å². The third-order valence-electron chi connectivity index (χ3n) is 2.57. The lowest BCUT2D eigenvalue weighted by molar-refractivity contribution is 0.254. The maximum atomic E-state index is 8.69. The van der Waals surface area contributed by atoms with E-state index in [1.165, 1.54) is 0 Å². The van der Waals surface area contributed by atoms with E-state index >= 15 is 0 Å². The van der Waals surface area contributed by atoms with Crippen LogP contribution in [0.4, 0.5) is 5.69 Å². The zero-order chi connectivity index (χ0) is 12.1. The van der Waals surface area contributed by atoms with Gasteiger partial charge in [0.25, 0.3) is 0 Å². The molecule has 1 aromatic carbocycles. The molecular formula is C13H16N2O2. The number of aliphatic hydroxyl groups excluding tert-OH is 1. The van der Waals surface area contributed by atoms with Gasteiger partial charge in [0.1, 0.15) is 5.75 Å². The molecular weight excluding hydrogens is 216 g/mol. The number of nitrogen functional groups attached to an aromatic ring is 1. The number of hydrogen-bond donors (Lipinski definition) is 2. The largest absolute Gasteiger partial charge is 0.493 e. The summed E-state index contributed by atoms with van der Waals surface area (Å²) in [7, 11) is 0. The minimum absolute atomic E-state index is 0.202. The number of hydrogen-bond acceptors (Lipinski definition) is 4. The third kappa shape index (κ3) is 2.65. The smallest absolute Gasteiger partial charge is 0.128 e. The van der Waals surface area contributed by atoms with Crippen LogP contribution in [0.3, 0.4) is 0 Å². The summed E-state index contributed by atoms with van der Waals surface area (Å²) in [6.07, 6.45) is 3.31. The van der Waals surface area contributed by atoms with Crippen molar-refractivity contribution >= 4 is 16.6 Å². The molecule has 0 aliphatic carbocycles. The van der Waals surface area contributed by atoms with Crippen LogP contribution < -0.4 is 10.5 Å². The molecule has 1 aromatic heterocycles. The highest BCUT2D eigenvalue weighted by Crippen LogP contribution is 2.28. The molecule has 2 aromatic rings. The molecule has 1 heterocycles. The third-order valence-corrected chi connectivity index (χ3v) is 2.57. The van der Waals surface area contributed by atoms with Crippen LogP contribution in [0.25, 0.3) is 10.9 Å². The Labute approximate surface area is 100 Å². The van der Waals surface area contributed by atoms with E-state index in [1.807, 2.05) is 18.2 Å². The molecule has 0 radical (unpaired) electrons. The molecule has 2 rings (SSSR count). The van der Waals surface area contributed by atoms with E-state index in [-0.39, 0.29) is 6.61 Å². The lowest BCUT2D eigenvalue weighted by atomic mass is 10.2. The quantitative estimate of drug-likeness (QED) is 0.611. The van der Waals surface area contributed by atoms with Crippen molar-refractivity contribution in [2.45, 2.75) is 12.8 Å². The molecule has 90 valence electrons. The van der Waals surface area contributed by atoms with Crippen LogP contribution in [-0.2, 0) is 0 Å². The van der Waals surface area contributed by atoms with Crippen molar-refractivity contribution < 1.29 is 9.84 Å². The second-order valence-electron chi connectivity index (χ2n) is 3.83. The van der Waals surface area contributed by atoms with Gasteiger partial charge in [-0.2, -0.15) is 0 Å². The van der Waals surface area contributed by atoms with Crippen LogP contribution in [0.15, 0.2) is 30.5 Å². The Bertz CT molecular complexity index is 500. The van der Waals surface area contributed by atoms with Gasteiger partial charge in [0.05, 0.1) is 17.8 Å². The number of aromatic nitrogens is 1. The van der Waals surface area contributed by atoms with Gasteiger partial charge >= 0.3 is 0 Å². The van der Waals surface area contributed by atoms with Gasteiger partial charge in [-0.3, -0.25) is 4.98 Å². The molecule has 0 spiro atoms. The lowest BCUT2D eigenvalue weighted by Gasteiger charge is -2.09. The van der Waals surface area contributed by atoms with Crippen molar-refractivity contribution in [3.8, 4) is 5.75 Å². The van der Waals surface area contributed by atoms with Crippen LogP contribution in [0, 0.1) is 0 Å². The zero-order valence-corrected chi connectivity index (χ0v) is 9.60. The van der Waals surface area contributed by atoms with Crippen molar-refractivity contribution in [1.29, 1.82) is 0 Å². The first-order valence-electron chi connectivity index (χ1n) is 5.70. The highest BCUT2D eigenvalue weighted by molar-refractivity contribution is 5.93. The van der Waals surface area contributed by atoms with E-state index in [0.717, 1.165) is 29.5 Å². The average Bonchev–Trinajstić information content (AvgIpc) is 2.37. The van der Waals surface area contributed by atoms with Crippen LogP contribution >= 0.6 is 0 Å². The summed E-state index contributed by atoms with van der Waals surface area (Å²) in [5.74, 6) is 0.792. The van der Waals surface area contributed by atoms with Crippen LogP contribution in [-0.4, -0.2) is 23.3 Å². The Morgan fingerprint density at radius 1 is 1.24 bits per heavy atom. The first-order chi connectivity index (χ1) is 8.33. The minimum Gasteiger partial charge on any atom is -0.493 e. The van der Waals surface area contributed by atoms with Gasteiger partial charge < -0.3 is 15.6 Å². The van der Waals surface area contributed by atoms with Gasteiger partial charge in [0, 0.05) is 18.2 Å². The maximum absolute atomic E-state index is 8.69. The van der Waals surface area contributed by atoms with Gasteiger partial charge in [-0.1, -0.05) is 0 Å². The Morgan fingerprint density at radius 2 is 2.12 bits per heavy atom. The summed E-state index contributed by atoms with van der Waals surface area (Å²) in [6, 6.07) is 7.47. The first kappa shape index (κ1) is 11.7. The van der Waals surface area contributed by atoms with E-state index in [2.05, 4.69) is 4.98 Å². The number of aliphatic hydroxyl groups is 1. The SMILES string of the molecule is Nc1ccc(OCCCCO)c2cccnc12. The van der Waals surface area contributed by atoms with Gasteiger partial charge in [0.2, 0.25) is 0 Å². The summed E-state index contributed by atoms with van der Waals surface area (Å²) in [5, 5.41) is 9.62. The molecule has 0 unspecified atom stereocenters. The van der Waals surface area contributed by atoms with Crippen LogP contribution in [0.1, 0.15) is 12.8 Å². The van der Waals surface area contributed by atoms with E-state index in [1.54, 1.807) is 12.3 Å². The predicted molar refractivity (Wildman–Crippen MR) is 68.0 cm³/mol. The zero-order valence-electron chi connectivity index (χ0n) is 9.60. The summed E-state index contributed by atoms with van der Waals surface area (Å²) in [6.45, 7) is 0.794. The van der Waals surface area contributed by atoms with Gasteiger partial charge in [-0.05, 0) is 37.1 Å². The summed E-state index contributed by atoms with van der Waals surface area (Å²) in [5.41, 5.74) is 7.28. The molecule has 4 nitrogen and oxygen atoms in total. The van der Waals surface area contributed by atoms with Gasteiger partial charge in [-0.15, -0.1) is 0 Å². The minimum atomic E-state index is 0.202. The molecule has 0 fully saturated rings.